The molecule has 4 saturated carbocycles. The van der Waals surface area contributed by atoms with Gasteiger partial charge in [0.2, 0.25) is 0 Å². The number of aliphatic hydroxyl groups excluding tert-OH is 2. The minimum atomic E-state index is -0.790. The van der Waals surface area contributed by atoms with Gasteiger partial charge >= 0.3 is 5.97 Å². The van der Waals surface area contributed by atoms with Crippen LogP contribution in [0.3, 0.4) is 0 Å². The molecule has 0 radical (unpaired) electrons. The van der Waals surface area contributed by atoms with Gasteiger partial charge in [0.15, 0.2) is 0 Å². The number of fused-ring (bicyclic) bond motifs is 5. The molecule has 4 rings (SSSR count). The van der Waals surface area contributed by atoms with Crippen molar-refractivity contribution in [2.75, 3.05) is 0 Å². The molecule has 12 atom stereocenters. The van der Waals surface area contributed by atoms with Crippen LogP contribution in [-0.2, 0) is 19.1 Å². The normalized spacial score (nSPS) is 49.1. The van der Waals surface area contributed by atoms with Crippen molar-refractivity contribution < 1.29 is 29.3 Å². The highest BCUT2D eigenvalue weighted by molar-refractivity contribution is 5.83. The van der Waals surface area contributed by atoms with Gasteiger partial charge in [-0.05, 0) is 85.9 Å². The van der Waals surface area contributed by atoms with Crippen molar-refractivity contribution in [1.82, 2.24) is 0 Å². The first-order valence-corrected chi connectivity index (χ1v) is 15.2. The van der Waals surface area contributed by atoms with Crippen LogP contribution < -0.4 is 0 Å². The molecule has 0 bridgehead atoms. The van der Waals surface area contributed by atoms with Crippen molar-refractivity contribution >= 4 is 18.0 Å². The van der Waals surface area contributed by atoms with E-state index in [2.05, 4.69) is 27.7 Å². The van der Waals surface area contributed by atoms with Gasteiger partial charge in [-0.2, -0.15) is 0 Å². The molecule has 0 aromatic carbocycles. The Bertz CT molecular complexity index is 933. The summed E-state index contributed by atoms with van der Waals surface area (Å²) in [7, 11) is 0. The molecule has 0 aromatic rings. The molecule has 0 aromatic heterocycles. The number of ether oxygens (including phenoxy) is 1. The Hall–Kier alpha value is -1.27. The number of hydrogen-bond acceptors (Lipinski definition) is 6. The molecule has 0 aliphatic heterocycles. The van der Waals surface area contributed by atoms with Gasteiger partial charge in [-0.3, -0.25) is 9.59 Å². The number of ketones is 1. The van der Waals surface area contributed by atoms with E-state index >= 15 is 0 Å². The molecule has 0 heterocycles. The Morgan fingerprint density at radius 1 is 1.00 bits per heavy atom. The number of carbonyl (C=O) groups is 3. The Labute approximate surface area is 229 Å². The van der Waals surface area contributed by atoms with Crippen molar-refractivity contribution in [3.05, 3.63) is 0 Å². The first kappa shape index (κ1) is 29.7. The fourth-order valence-corrected chi connectivity index (χ4v) is 10.7. The first-order chi connectivity index (χ1) is 17.7. The molecule has 1 unspecified atom stereocenters. The molecule has 2 N–H and O–H groups in total. The van der Waals surface area contributed by atoms with E-state index in [1.807, 2.05) is 6.92 Å². The summed E-state index contributed by atoms with van der Waals surface area (Å²) < 4.78 is 5.95. The fraction of sp³-hybridized carbons (Fsp3) is 0.906. The molecule has 0 spiro atoms. The summed E-state index contributed by atoms with van der Waals surface area (Å²) in [4.78, 5) is 38.6. The number of esters is 1. The molecule has 38 heavy (non-hydrogen) atoms. The molecular formula is C32H52O6. The zero-order valence-electron chi connectivity index (χ0n) is 24.8. The van der Waals surface area contributed by atoms with Gasteiger partial charge < -0.3 is 19.7 Å². The summed E-state index contributed by atoms with van der Waals surface area (Å²) in [6, 6.07) is 0. The highest BCUT2D eigenvalue weighted by atomic mass is 16.5. The maximum absolute atomic E-state index is 13.0. The molecule has 0 saturated heterocycles. The third-order valence-electron chi connectivity index (χ3n) is 12.9. The van der Waals surface area contributed by atoms with Crippen LogP contribution in [-0.4, -0.2) is 46.6 Å². The summed E-state index contributed by atoms with van der Waals surface area (Å²) in [5.41, 5.74) is -0.497. The van der Waals surface area contributed by atoms with E-state index in [4.69, 9.17) is 4.74 Å². The number of carbonyl (C=O) groups excluding carboxylic acids is 3. The lowest BCUT2D eigenvalue weighted by Crippen LogP contribution is -2.69. The average molecular weight is 533 g/mol. The van der Waals surface area contributed by atoms with Gasteiger partial charge in [0, 0.05) is 11.3 Å². The zero-order chi connectivity index (χ0) is 28.3. The van der Waals surface area contributed by atoms with Crippen LogP contribution in [0.5, 0.6) is 0 Å². The minimum Gasteiger partial charge on any atom is -0.461 e. The lowest BCUT2D eigenvalue weighted by atomic mass is 9.33. The molecule has 6 heteroatoms. The largest absolute Gasteiger partial charge is 0.461 e. The van der Waals surface area contributed by atoms with Crippen LogP contribution in [0, 0.1) is 51.2 Å². The monoisotopic (exact) mass is 532 g/mol. The van der Waals surface area contributed by atoms with Gasteiger partial charge in [-0.25, -0.2) is 0 Å². The lowest BCUT2D eigenvalue weighted by molar-refractivity contribution is -0.260. The van der Waals surface area contributed by atoms with Gasteiger partial charge in [-0.1, -0.05) is 54.4 Å². The first-order valence-electron chi connectivity index (χ1n) is 15.2. The fourth-order valence-electron chi connectivity index (χ4n) is 10.7. The predicted octanol–water partition coefficient (Wildman–Crippen LogP) is 5.51. The summed E-state index contributed by atoms with van der Waals surface area (Å²) >= 11 is 0. The third-order valence-corrected chi connectivity index (χ3v) is 12.9. The van der Waals surface area contributed by atoms with E-state index in [1.54, 1.807) is 6.92 Å². The summed E-state index contributed by atoms with van der Waals surface area (Å²) in [5, 5.41) is 22.0. The topological polar surface area (TPSA) is 101 Å². The molecule has 6 nitrogen and oxygen atoms in total. The van der Waals surface area contributed by atoms with Gasteiger partial charge in [0.05, 0.1) is 24.5 Å². The second-order valence-electron chi connectivity index (χ2n) is 14.5. The van der Waals surface area contributed by atoms with E-state index in [9.17, 15) is 24.6 Å². The molecule has 4 fully saturated rings. The highest BCUT2D eigenvalue weighted by Gasteiger charge is 2.70. The number of rotatable bonds is 7. The SMILES string of the molecule is CCC(O)CC(=O)O[C@@H]1C[C@H]2[C@]3(C)CC[C@H]4[C@@](C)(CC)CCC[C@]4(C)[C@H]3C[C@@H](O)[C@]2(C)[C@@H](C=O)[C@@H]1C(C)=O. The van der Waals surface area contributed by atoms with Crippen molar-refractivity contribution in [2.24, 2.45) is 51.2 Å². The van der Waals surface area contributed by atoms with E-state index in [0.29, 0.717) is 36.5 Å². The van der Waals surface area contributed by atoms with Crippen LogP contribution in [0.2, 0.25) is 0 Å². The summed E-state index contributed by atoms with van der Waals surface area (Å²) in [6.07, 6.45) is 7.00. The number of Topliss-reactive ketones (excluding diaryl/α,β-unsaturated/α-hetero) is 1. The maximum atomic E-state index is 13.0. The highest BCUT2D eigenvalue weighted by Crippen LogP contribution is 2.73. The van der Waals surface area contributed by atoms with Crippen LogP contribution in [0.1, 0.15) is 113 Å². The van der Waals surface area contributed by atoms with Crippen molar-refractivity contribution in [1.29, 1.82) is 0 Å². The van der Waals surface area contributed by atoms with Crippen molar-refractivity contribution in [3.63, 3.8) is 0 Å². The van der Waals surface area contributed by atoms with Gasteiger partial charge in [-0.15, -0.1) is 0 Å². The maximum Gasteiger partial charge on any atom is 0.308 e. The quantitative estimate of drug-likeness (QED) is 0.331. The van der Waals surface area contributed by atoms with Crippen LogP contribution in [0.15, 0.2) is 0 Å². The van der Waals surface area contributed by atoms with Crippen LogP contribution in [0.4, 0.5) is 0 Å². The number of aldehydes is 1. The van der Waals surface area contributed by atoms with Crippen molar-refractivity contribution in [2.45, 2.75) is 131 Å². The van der Waals surface area contributed by atoms with E-state index in [0.717, 1.165) is 32.0 Å². The standard InChI is InChI=1S/C32H52O6/c1-8-20(35)15-27(37)38-22-16-25-31(6)14-11-23-29(4,9-2)12-10-13-30(23,5)24(31)17-26(36)32(25,7)21(18-33)28(22)19(3)34/h18,20-26,28,35-36H,8-17H2,1-7H3/t20?,21-,22+,23-,24+,25-,26+,28-,29-,30-,31+,32+/m0/s1. The molecule has 4 aliphatic carbocycles. The van der Waals surface area contributed by atoms with E-state index in [1.165, 1.54) is 19.8 Å². The zero-order valence-corrected chi connectivity index (χ0v) is 24.8. The van der Waals surface area contributed by atoms with Crippen molar-refractivity contribution in [3.8, 4) is 0 Å². The van der Waals surface area contributed by atoms with Gasteiger partial charge in [0.1, 0.15) is 18.2 Å². The van der Waals surface area contributed by atoms with E-state index < -0.39 is 41.5 Å². The molecular weight excluding hydrogens is 480 g/mol. The number of aliphatic hydroxyl groups is 2. The average Bonchev–Trinajstić information content (AvgIpc) is 2.85. The Kier molecular flexibility index (Phi) is 8.04. The molecule has 216 valence electrons. The van der Waals surface area contributed by atoms with Gasteiger partial charge in [0.25, 0.3) is 0 Å². The lowest BCUT2D eigenvalue weighted by Gasteiger charge is -2.71. The number of hydrogen-bond donors (Lipinski definition) is 2. The second-order valence-corrected chi connectivity index (χ2v) is 14.5. The van der Waals surface area contributed by atoms with E-state index in [-0.39, 0.29) is 29.0 Å². The summed E-state index contributed by atoms with van der Waals surface area (Å²) in [5.74, 6) is -1.37. The molecule has 4 aliphatic rings. The van der Waals surface area contributed by atoms with Crippen LogP contribution >= 0.6 is 0 Å². The smallest absolute Gasteiger partial charge is 0.308 e. The Morgan fingerprint density at radius 3 is 2.24 bits per heavy atom. The Morgan fingerprint density at radius 2 is 1.66 bits per heavy atom. The molecule has 0 amide bonds. The van der Waals surface area contributed by atoms with Crippen LogP contribution in [0.25, 0.3) is 0 Å². The predicted molar refractivity (Wildman–Crippen MR) is 146 cm³/mol. The minimum absolute atomic E-state index is 0.0592. The summed E-state index contributed by atoms with van der Waals surface area (Å²) in [6.45, 7) is 14.9. The third kappa shape index (κ3) is 4.31. The second kappa shape index (κ2) is 10.3. The Balaban J connectivity index is 1.76.